The highest BCUT2D eigenvalue weighted by Gasteiger charge is 2.19. The minimum absolute atomic E-state index is 0.0347. The van der Waals surface area contributed by atoms with Crippen molar-refractivity contribution in [3.63, 3.8) is 0 Å². The number of thioether (sulfide) groups is 1. The molecule has 0 amide bonds. The van der Waals surface area contributed by atoms with Gasteiger partial charge in [0, 0.05) is 24.4 Å². The lowest BCUT2D eigenvalue weighted by atomic mass is 10.0. The Bertz CT molecular complexity index is 428. The summed E-state index contributed by atoms with van der Waals surface area (Å²) in [5.41, 5.74) is 5.61. The van der Waals surface area contributed by atoms with Crippen molar-refractivity contribution in [1.82, 2.24) is 4.98 Å². The van der Waals surface area contributed by atoms with Gasteiger partial charge in [-0.2, -0.15) is 0 Å². The van der Waals surface area contributed by atoms with Crippen LogP contribution in [-0.4, -0.2) is 37.3 Å². The van der Waals surface area contributed by atoms with Gasteiger partial charge in [0.25, 0.3) is 0 Å². The smallest absolute Gasteiger partial charge is 0.185 e. The highest BCUT2D eigenvalue weighted by Crippen LogP contribution is 2.25. The van der Waals surface area contributed by atoms with E-state index in [4.69, 9.17) is 5.73 Å². The minimum Gasteiger partial charge on any atom is -0.504 e. The number of hydrogen-bond donors (Lipinski definition) is 4. The Kier molecular flexibility index (Phi) is 5.39. The molecule has 1 rings (SSSR count). The van der Waals surface area contributed by atoms with Gasteiger partial charge in [0.05, 0.1) is 6.10 Å². The summed E-state index contributed by atoms with van der Waals surface area (Å²) in [7, 11) is 0. The van der Waals surface area contributed by atoms with Gasteiger partial charge in [-0.15, -0.1) is 0 Å². The fourth-order valence-electron chi connectivity index (χ4n) is 1.34. The summed E-state index contributed by atoms with van der Waals surface area (Å²) in [6.45, 7) is 1.44. The van der Waals surface area contributed by atoms with Gasteiger partial charge < -0.3 is 21.1 Å². The molecule has 1 aromatic rings. The monoisotopic (exact) mass is 272 g/mol. The van der Waals surface area contributed by atoms with E-state index in [2.05, 4.69) is 4.98 Å². The first-order valence-electron chi connectivity index (χ1n) is 5.35. The topological polar surface area (TPSA) is 117 Å². The van der Waals surface area contributed by atoms with Crippen molar-refractivity contribution in [2.75, 3.05) is 11.5 Å². The Morgan fingerprint density at radius 3 is 2.78 bits per heavy atom. The van der Waals surface area contributed by atoms with Crippen LogP contribution in [-0.2, 0) is 4.79 Å². The number of nitrogen functional groups attached to an aromatic ring is 1. The van der Waals surface area contributed by atoms with Gasteiger partial charge in [0.1, 0.15) is 6.10 Å². The van der Waals surface area contributed by atoms with Crippen LogP contribution in [0.2, 0.25) is 0 Å². The van der Waals surface area contributed by atoms with Gasteiger partial charge in [-0.05, 0) is 12.5 Å². The molecule has 6 nitrogen and oxygen atoms in total. The van der Waals surface area contributed by atoms with E-state index in [0.717, 1.165) is 11.8 Å². The van der Waals surface area contributed by atoms with Crippen molar-refractivity contribution in [1.29, 1.82) is 0 Å². The average Bonchev–Trinajstić information content (AvgIpc) is 2.31. The molecule has 100 valence electrons. The molecule has 0 radical (unpaired) electrons. The predicted molar refractivity (Wildman–Crippen MR) is 69.0 cm³/mol. The molecular formula is C11H16N2O4S. The number of hydrogen-bond acceptors (Lipinski definition) is 7. The Hall–Kier alpha value is -1.31. The quantitative estimate of drug-likeness (QED) is 0.614. The standard InChI is InChI=1S/C11H16N2O4S/c1-6(14)18-3-2-8(15)10(17)7-4-9(16)11(12)13-5-7/h4-5,8,10,15-17H,2-3H2,1H3,(H2,12,13). The molecule has 0 aliphatic carbocycles. The summed E-state index contributed by atoms with van der Waals surface area (Å²) in [6.07, 6.45) is -0.643. The van der Waals surface area contributed by atoms with Crippen LogP contribution in [0.4, 0.5) is 5.82 Å². The normalized spacial score (nSPS) is 14.2. The Balaban J connectivity index is 2.59. The molecule has 0 aromatic carbocycles. The van der Waals surface area contributed by atoms with E-state index < -0.39 is 12.2 Å². The molecule has 0 fully saturated rings. The van der Waals surface area contributed by atoms with Crippen molar-refractivity contribution >= 4 is 22.7 Å². The number of aliphatic hydroxyl groups is 2. The number of pyridine rings is 1. The fraction of sp³-hybridized carbons (Fsp3) is 0.455. The van der Waals surface area contributed by atoms with Crippen molar-refractivity contribution in [3.05, 3.63) is 17.8 Å². The third-order valence-corrected chi connectivity index (χ3v) is 3.19. The van der Waals surface area contributed by atoms with Crippen LogP contribution in [0.1, 0.15) is 25.0 Å². The number of carbonyl (C=O) groups excluding carboxylic acids is 1. The number of nitrogens with two attached hydrogens (primary N) is 1. The summed E-state index contributed by atoms with van der Waals surface area (Å²) in [6, 6.07) is 1.26. The number of aliphatic hydroxyl groups excluding tert-OH is 2. The maximum absolute atomic E-state index is 10.7. The van der Waals surface area contributed by atoms with E-state index in [1.54, 1.807) is 0 Å². The second kappa shape index (κ2) is 6.58. The van der Waals surface area contributed by atoms with Crippen molar-refractivity contribution in [3.8, 4) is 5.75 Å². The first kappa shape index (κ1) is 14.7. The third-order valence-electron chi connectivity index (χ3n) is 2.34. The molecule has 0 aliphatic rings. The number of aromatic nitrogens is 1. The zero-order valence-electron chi connectivity index (χ0n) is 9.91. The van der Waals surface area contributed by atoms with E-state index in [1.807, 2.05) is 0 Å². The molecule has 7 heteroatoms. The maximum atomic E-state index is 10.7. The molecule has 1 aromatic heterocycles. The lowest BCUT2D eigenvalue weighted by molar-refractivity contribution is -0.109. The summed E-state index contributed by atoms with van der Waals surface area (Å²) < 4.78 is 0. The lowest BCUT2D eigenvalue weighted by Gasteiger charge is -2.17. The summed E-state index contributed by atoms with van der Waals surface area (Å²) in [5, 5.41) is 28.9. The number of carbonyl (C=O) groups is 1. The molecule has 0 aliphatic heterocycles. The van der Waals surface area contributed by atoms with Crippen molar-refractivity contribution < 1.29 is 20.1 Å². The van der Waals surface area contributed by atoms with E-state index >= 15 is 0 Å². The Morgan fingerprint density at radius 1 is 1.56 bits per heavy atom. The van der Waals surface area contributed by atoms with Crippen LogP contribution >= 0.6 is 11.8 Å². The number of anilines is 1. The largest absolute Gasteiger partial charge is 0.504 e. The van der Waals surface area contributed by atoms with Gasteiger partial charge >= 0.3 is 0 Å². The van der Waals surface area contributed by atoms with Crippen molar-refractivity contribution in [2.24, 2.45) is 0 Å². The predicted octanol–water partition coefficient (Wildman–Crippen LogP) is 0.434. The molecule has 0 saturated carbocycles. The fourth-order valence-corrected chi connectivity index (χ4v) is 1.99. The maximum Gasteiger partial charge on any atom is 0.185 e. The molecule has 5 N–H and O–H groups in total. The Morgan fingerprint density at radius 2 is 2.22 bits per heavy atom. The zero-order chi connectivity index (χ0) is 13.7. The van der Waals surface area contributed by atoms with Crippen LogP contribution in [0.5, 0.6) is 5.75 Å². The highest BCUT2D eigenvalue weighted by molar-refractivity contribution is 8.13. The second-order valence-electron chi connectivity index (χ2n) is 3.81. The van der Waals surface area contributed by atoms with Crippen LogP contribution in [0, 0.1) is 0 Å². The van der Waals surface area contributed by atoms with Crippen LogP contribution in [0.3, 0.4) is 0 Å². The van der Waals surface area contributed by atoms with Crippen LogP contribution in [0.15, 0.2) is 12.3 Å². The van der Waals surface area contributed by atoms with Gasteiger partial charge in [0.2, 0.25) is 0 Å². The first-order chi connectivity index (χ1) is 8.41. The third kappa shape index (κ3) is 4.17. The SMILES string of the molecule is CC(=O)SCCC(O)C(O)c1cnc(N)c(O)c1. The van der Waals surface area contributed by atoms with E-state index in [-0.39, 0.29) is 28.7 Å². The molecule has 2 atom stereocenters. The molecule has 0 bridgehead atoms. The molecule has 2 unspecified atom stereocenters. The molecule has 18 heavy (non-hydrogen) atoms. The number of nitrogens with zero attached hydrogens (tertiary/aromatic N) is 1. The molecular weight excluding hydrogens is 256 g/mol. The van der Waals surface area contributed by atoms with E-state index in [1.165, 1.54) is 19.2 Å². The molecule has 1 heterocycles. The summed E-state index contributed by atoms with van der Waals surface area (Å²) in [5.74, 6) is 0.145. The first-order valence-corrected chi connectivity index (χ1v) is 6.34. The van der Waals surface area contributed by atoms with E-state index in [9.17, 15) is 20.1 Å². The summed E-state index contributed by atoms with van der Waals surface area (Å²) in [4.78, 5) is 14.4. The Labute approximate surface area is 109 Å². The van der Waals surface area contributed by atoms with Gasteiger partial charge in [-0.3, -0.25) is 4.79 Å². The van der Waals surface area contributed by atoms with Crippen LogP contribution < -0.4 is 5.73 Å². The minimum atomic E-state index is -1.17. The van der Waals surface area contributed by atoms with Gasteiger partial charge in [0.15, 0.2) is 16.7 Å². The highest BCUT2D eigenvalue weighted by atomic mass is 32.2. The lowest BCUT2D eigenvalue weighted by Crippen LogP contribution is -2.19. The number of aromatic hydroxyl groups is 1. The summed E-state index contributed by atoms with van der Waals surface area (Å²) >= 11 is 1.08. The van der Waals surface area contributed by atoms with Gasteiger partial charge in [-0.1, -0.05) is 11.8 Å². The van der Waals surface area contributed by atoms with Gasteiger partial charge in [-0.25, -0.2) is 4.98 Å². The molecule has 0 spiro atoms. The van der Waals surface area contributed by atoms with E-state index in [0.29, 0.717) is 5.75 Å². The zero-order valence-corrected chi connectivity index (χ0v) is 10.7. The molecule has 0 saturated heterocycles. The van der Waals surface area contributed by atoms with Crippen LogP contribution in [0.25, 0.3) is 0 Å². The average molecular weight is 272 g/mol. The second-order valence-corrected chi connectivity index (χ2v) is 5.09. The van der Waals surface area contributed by atoms with Crippen molar-refractivity contribution in [2.45, 2.75) is 25.6 Å². The number of rotatable bonds is 5.